The molecule has 7 nitrogen and oxygen atoms in total. The monoisotopic (exact) mass is 425 g/mol. The number of carbonyl (C=O) groups is 1. The first-order chi connectivity index (χ1) is 13.7. The van der Waals surface area contributed by atoms with Crippen molar-refractivity contribution in [2.75, 3.05) is 4.72 Å². The van der Waals surface area contributed by atoms with Gasteiger partial charge in [0.2, 0.25) is 5.89 Å². The maximum absolute atomic E-state index is 12.6. The zero-order valence-electron chi connectivity index (χ0n) is 14.6. The first kappa shape index (κ1) is 20.4. The van der Waals surface area contributed by atoms with Crippen LogP contribution in [0.15, 0.2) is 65.2 Å². The van der Waals surface area contributed by atoms with E-state index in [1.807, 2.05) is 30.3 Å². The molecule has 0 saturated heterocycles. The average molecular weight is 425 g/mol. The van der Waals surface area contributed by atoms with Crippen molar-refractivity contribution in [2.45, 2.75) is 12.1 Å². The minimum Gasteiger partial charge on any atom is -0.439 e. The van der Waals surface area contributed by atoms with Crippen molar-refractivity contribution in [3.05, 3.63) is 72.2 Å². The first-order valence-corrected chi connectivity index (χ1v) is 9.62. The van der Waals surface area contributed by atoms with Gasteiger partial charge >= 0.3 is 15.5 Å². The van der Waals surface area contributed by atoms with Crippen molar-refractivity contribution < 1.29 is 30.8 Å². The number of hydrogen-bond donors (Lipinski definition) is 2. The molecule has 0 unspecified atom stereocenters. The third kappa shape index (κ3) is 4.74. The summed E-state index contributed by atoms with van der Waals surface area (Å²) in [6.45, 7) is -0.147. The lowest BCUT2D eigenvalue weighted by molar-refractivity contribution is -0.0429. The van der Waals surface area contributed by atoms with E-state index in [1.165, 1.54) is 29.1 Å². The van der Waals surface area contributed by atoms with E-state index >= 15 is 0 Å². The van der Waals surface area contributed by atoms with Gasteiger partial charge in [0, 0.05) is 5.56 Å². The molecule has 11 heteroatoms. The minimum absolute atomic E-state index is 0.147. The topological polar surface area (TPSA) is 101 Å². The number of benzene rings is 2. The highest BCUT2D eigenvalue weighted by Gasteiger charge is 2.46. The quantitative estimate of drug-likeness (QED) is 0.629. The maximum atomic E-state index is 12.6. The van der Waals surface area contributed by atoms with Crippen LogP contribution in [0, 0.1) is 0 Å². The number of oxazole rings is 1. The molecule has 2 N–H and O–H groups in total. The molecule has 3 aromatic rings. The summed E-state index contributed by atoms with van der Waals surface area (Å²) in [5, 5.41) is 2.43. The number of para-hydroxylation sites is 1. The van der Waals surface area contributed by atoms with E-state index in [0.717, 1.165) is 11.6 Å². The Bertz CT molecular complexity index is 1110. The van der Waals surface area contributed by atoms with Gasteiger partial charge in [0.1, 0.15) is 0 Å². The van der Waals surface area contributed by atoms with E-state index in [2.05, 4.69) is 10.3 Å². The number of aromatic nitrogens is 1. The van der Waals surface area contributed by atoms with Gasteiger partial charge in [-0.1, -0.05) is 42.5 Å². The number of anilines is 1. The third-order valence-corrected chi connectivity index (χ3v) is 4.83. The first-order valence-electron chi connectivity index (χ1n) is 8.14. The Morgan fingerprint density at radius 1 is 1.03 bits per heavy atom. The van der Waals surface area contributed by atoms with Gasteiger partial charge in [-0.05, 0) is 12.1 Å². The molecule has 2 aromatic carbocycles. The summed E-state index contributed by atoms with van der Waals surface area (Å²) in [4.78, 5) is 16.4. The zero-order chi connectivity index (χ0) is 21.1. The summed E-state index contributed by atoms with van der Waals surface area (Å²) in [6, 6.07) is 14.0. The number of sulfonamides is 1. The van der Waals surface area contributed by atoms with Crippen LogP contribution in [0.25, 0.3) is 11.3 Å². The summed E-state index contributed by atoms with van der Waals surface area (Å²) < 4.78 is 67.3. The lowest BCUT2D eigenvalue weighted by Gasteiger charge is -2.13. The van der Waals surface area contributed by atoms with Gasteiger partial charge in [0.25, 0.3) is 5.91 Å². The van der Waals surface area contributed by atoms with E-state index in [4.69, 9.17) is 4.42 Å². The van der Waals surface area contributed by atoms with Gasteiger partial charge in [-0.2, -0.15) is 21.6 Å². The van der Waals surface area contributed by atoms with Gasteiger partial charge in [-0.15, -0.1) is 0 Å². The SMILES string of the molecule is O=C(NCc1ncc(-c2ccccc2)o1)c1ccccc1NS(=O)(=O)C(F)(F)F. The van der Waals surface area contributed by atoms with Crippen molar-refractivity contribution in [2.24, 2.45) is 0 Å². The Morgan fingerprint density at radius 3 is 2.38 bits per heavy atom. The molecule has 0 aliphatic rings. The number of nitrogens with zero attached hydrogens (tertiary/aromatic N) is 1. The molecule has 1 aromatic heterocycles. The Labute approximate surface area is 163 Å². The van der Waals surface area contributed by atoms with E-state index < -0.39 is 27.1 Å². The van der Waals surface area contributed by atoms with Crippen molar-refractivity contribution >= 4 is 21.6 Å². The standard InChI is InChI=1S/C18H14F3N3O4S/c19-18(20,21)29(26,27)24-14-9-5-4-8-13(14)17(25)23-11-16-22-10-15(28-16)12-6-2-1-3-7-12/h1-10,24H,11H2,(H,23,25). The van der Waals surface area contributed by atoms with Crippen LogP contribution in [-0.4, -0.2) is 24.8 Å². The molecule has 0 saturated carbocycles. The van der Waals surface area contributed by atoms with Gasteiger partial charge in [0.05, 0.1) is 24.0 Å². The van der Waals surface area contributed by atoms with Crippen LogP contribution >= 0.6 is 0 Å². The smallest absolute Gasteiger partial charge is 0.439 e. The highest BCUT2D eigenvalue weighted by atomic mass is 32.2. The van der Waals surface area contributed by atoms with Crippen LogP contribution in [0.3, 0.4) is 0 Å². The molecule has 3 rings (SSSR count). The number of amides is 1. The Kier molecular flexibility index (Phi) is 5.59. The number of nitrogens with one attached hydrogen (secondary N) is 2. The number of halogens is 3. The summed E-state index contributed by atoms with van der Waals surface area (Å²) in [6.07, 6.45) is 1.47. The van der Waals surface area contributed by atoms with Gasteiger partial charge in [0.15, 0.2) is 5.76 Å². The van der Waals surface area contributed by atoms with Crippen molar-refractivity contribution in [1.82, 2.24) is 10.3 Å². The number of hydrogen-bond acceptors (Lipinski definition) is 5. The summed E-state index contributed by atoms with van der Waals surface area (Å²) >= 11 is 0. The molecule has 1 amide bonds. The van der Waals surface area contributed by atoms with Crippen molar-refractivity contribution in [3.8, 4) is 11.3 Å². The summed E-state index contributed by atoms with van der Waals surface area (Å²) in [5.74, 6) is -0.149. The zero-order valence-corrected chi connectivity index (χ0v) is 15.4. The minimum atomic E-state index is -5.66. The van der Waals surface area contributed by atoms with Crippen molar-refractivity contribution in [3.63, 3.8) is 0 Å². The third-order valence-electron chi connectivity index (χ3n) is 3.73. The Morgan fingerprint density at radius 2 is 1.69 bits per heavy atom. The number of carbonyl (C=O) groups excluding carboxylic acids is 1. The molecule has 0 spiro atoms. The molecule has 0 atom stereocenters. The second-order valence-corrected chi connectivity index (χ2v) is 7.44. The van der Waals surface area contributed by atoms with E-state index in [9.17, 15) is 26.4 Å². The predicted octanol–water partition coefficient (Wildman–Crippen LogP) is 3.53. The fraction of sp³-hybridized carbons (Fsp3) is 0.111. The molecule has 0 fully saturated rings. The number of alkyl halides is 3. The fourth-order valence-electron chi connectivity index (χ4n) is 2.35. The highest BCUT2D eigenvalue weighted by molar-refractivity contribution is 7.93. The molecule has 0 bridgehead atoms. The molecule has 1 heterocycles. The maximum Gasteiger partial charge on any atom is 0.516 e. The highest BCUT2D eigenvalue weighted by Crippen LogP contribution is 2.27. The molecular weight excluding hydrogens is 411 g/mol. The summed E-state index contributed by atoms with van der Waals surface area (Å²) in [5.41, 5.74) is -5.51. The predicted molar refractivity (Wildman–Crippen MR) is 98.1 cm³/mol. The van der Waals surface area contributed by atoms with Gasteiger partial charge in [-0.25, -0.2) is 4.98 Å². The van der Waals surface area contributed by atoms with Gasteiger partial charge < -0.3 is 9.73 Å². The van der Waals surface area contributed by atoms with Crippen LogP contribution in [-0.2, 0) is 16.6 Å². The van der Waals surface area contributed by atoms with Crippen LogP contribution in [0.4, 0.5) is 18.9 Å². The second-order valence-electron chi connectivity index (χ2n) is 5.76. The molecule has 152 valence electrons. The van der Waals surface area contributed by atoms with Gasteiger partial charge in [-0.3, -0.25) is 9.52 Å². The number of rotatable bonds is 6. The molecule has 0 aliphatic heterocycles. The average Bonchev–Trinajstić information content (AvgIpc) is 3.15. The van der Waals surface area contributed by atoms with Crippen LogP contribution in [0.1, 0.15) is 16.2 Å². The largest absolute Gasteiger partial charge is 0.516 e. The lowest BCUT2D eigenvalue weighted by atomic mass is 10.1. The Hall–Kier alpha value is -3.34. The molecule has 0 radical (unpaired) electrons. The van der Waals surface area contributed by atoms with Crippen LogP contribution in [0.2, 0.25) is 0 Å². The summed E-state index contributed by atoms with van der Waals surface area (Å²) in [7, 11) is -5.66. The lowest BCUT2D eigenvalue weighted by Crippen LogP contribution is -2.31. The van der Waals surface area contributed by atoms with Crippen LogP contribution in [0.5, 0.6) is 0 Å². The molecular formula is C18H14F3N3O4S. The normalized spacial score (nSPS) is 11.8. The molecule has 29 heavy (non-hydrogen) atoms. The van der Waals surface area contributed by atoms with Crippen LogP contribution < -0.4 is 10.0 Å². The van der Waals surface area contributed by atoms with E-state index in [-0.39, 0.29) is 18.0 Å². The van der Waals surface area contributed by atoms with E-state index in [0.29, 0.717) is 5.76 Å². The fourth-order valence-corrected chi connectivity index (χ4v) is 2.93. The van der Waals surface area contributed by atoms with Crippen molar-refractivity contribution in [1.29, 1.82) is 0 Å². The Balaban J connectivity index is 1.72. The second kappa shape index (κ2) is 7.95. The van der Waals surface area contributed by atoms with E-state index in [1.54, 1.807) is 0 Å². The molecule has 0 aliphatic carbocycles.